The molecule has 0 aromatic heterocycles. The Labute approximate surface area is 91.9 Å². The molecule has 0 aliphatic heterocycles. The highest BCUT2D eigenvalue weighted by molar-refractivity contribution is 5.99. The number of amides is 2. The Hall–Kier alpha value is -1.92. The zero-order chi connectivity index (χ0) is 12.0. The minimum atomic E-state index is -0.471. The predicted octanol–water partition coefficient (Wildman–Crippen LogP) is -0.954. The van der Waals surface area contributed by atoms with E-state index in [4.69, 9.17) is 10.2 Å². The van der Waals surface area contributed by atoms with E-state index in [1.54, 1.807) is 6.07 Å². The maximum absolute atomic E-state index is 11.3. The maximum atomic E-state index is 11.3. The average Bonchev–Trinajstić information content (AvgIpc) is 2.30. The average molecular weight is 224 g/mol. The molecule has 0 unspecified atom stereocenters. The van der Waals surface area contributed by atoms with Gasteiger partial charge in [0.05, 0.1) is 0 Å². The largest absolute Gasteiger partial charge is 0.376 e. The van der Waals surface area contributed by atoms with Gasteiger partial charge < -0.3 is 20.8 Å². The van der Waals surface area contributed by atoms with Crippen LogP contribution in [0.5, 0.6) is 0 Å². The van der Waals surface area contributed by atoms with Gasteiger partial charge in [0.2, 0.25) is 0 Å². The summed E-state index contributed by atoms with van der Waals surface area (Å²) in [5.74, 6) is -0.942. The Bertz CT molecular complexity index is 359. The van der Waals surface area contributed by atoms with Crippen LogP contribution >= 0.6 is 0 Å². The molecule has 0 aliphatic rings. The van der Waals surface area contributed by atoms with Crippen LogP contribution in [0.2, 0.25) is 0 Å². The Balaban J connectivity index is 2.86. The van der Waals surface area contributed by atoms with Crippen molar-refractivity contribution < 1.29 is 19.8 Å². The number of carbonyl (C=O) groups excluding carboxylic acids is 2. The van der Waals surface area contributed by atoms with Crippen LogP contribution in [0.3, 0.4) is 0 Å². The first kappa shape index (κ1) is 12.2. The van der Waals surface area contributed by atoms with Gasteiger partial charge in [0.1, 0.15) is 13.5 Å². The number of rotatable bonds is 4. The lowest BCUT2D eigenvalue weighted by Crippen LogP contribution is -2.26. The van der Waals surface area contributed by atoms with Crippen LogP contribution in [-0.2, 0) is 0 Å². The van der Waals surface area contributed by atoms with Crippen molar-refractivity contribution in [2.75, 3.05) is 13.5 Å². The zero-order valence-electron chi connectivity index (χ0n) is 8.43. The van der Waals surface area contributed by atoms with E-state index >= 15 is 0 Å². The van der Waals surface area contributed by atoms with E-state index in [9.17, 15) is 9.59 Å². The van der Waals surface area contributed by atoms with Crippen molar-refractivity contribution in [3.05, 3.63) is 35.4 Å². The molecule has 86 valence electrons. The van der Waals surface area contributed by atoms with E-state index in [1.165, 1.54) is 18.2 Å². The minimum absolute atomic E-state index is 0.264. The molecule has 0 saturated heterocycles. The summed E-state index contributed by atoms with van der Waals surface area (Å²) in [6.45, 7) is -0.933. The maximum Gasteiger partial charge on any atom is 0.253 e. The van der Waals surface area contributed by atoms with Crippen LogP contribution in [0, 0.1) is 0 Å². The molecule has 1 aromatic rings. The standard InChI is InChI=1S/C10H12N2O4/c13-5-11-9(15)7-2-1-3-8(4-7)10(16)12-6-14/h1-4,13-14H,5-6H2,(H,11,15)(H,12,16). The van der Waals surface area contributed by atoms with E-state index < -0.39 is 25.3 Å². The van der Waals surface area contributed by atoms with Crippen molar-refractivity contribution in [3.8, 4) is 0 Å². The fourth-order valence-electron chi connectivity index (χ4n) is 1.15. The van der Waals surface area contributed by atoms with Crippen LogP contribution in [0.25, 0.3) is 0 Å². The lowest BCUT2D eigenvalue weighted by atomic mass is 10.1. The summed E-state index contributed by atoms with van der Waals surface area (Å²) >= 11 is 0. The second-order valence-electron chi connectivity index (χ2n) is 2.91. The minimum Gasteiger partial charge on any atom is -0.376 e. The second-order valence-corrected chi connectivity index (χ2v) is 2.91. The Morgan fingerprint density at radius 3 is 1.81 bits per heavy atom. The molecule has 0 spiro atoms. The van der Waals surface area contributed by atoms with Gasteiger partial charge in [-0.3, -0.25) is 9.59 Å². The fourth-order valence-corrected chi connectivity index (χ4v) is 1.15. The van der Waals surface area contributed by atoms with Crippen molar-refractivity contribution in [1.29, 1.82) is 0 Å². The van der Waals surface area contributed by atoms with Crippen LogP contribution in [0.1, 0.15) is 20.7 Å². The smallest absolute Gasteiger partial charge is 0.253 e. The van der Waals surface area contributed by atoms with E-state index in [2.05, 4.69) is 10.6 Å². The number of aliphatic hydroxyl groups excluding tert-OH is 2. The van der Waals surface area contributed by atoms with Gasteiger partial charge in [0, 0.05) is 11.1 Å². The number of hydrogen-bond donors (Lipinski definition) is 4. The molecule has 0 fully saturated rings. The quantitative estimate of drug-likeness (QED) is 0.495. The molecule has 0 atom stereocenters. The normalized spacial score (nSPS) is 9.62. The molecule has 1 aromatic carbocycles. The number of nitrogens with one attached hydrogen (secondary N) is 2. The van der Waals surface area contributed by atoms with Crippen LogP contribution in [0.15, 0.2) is 24.3 Å². The number of carbonyl (C=O) groups is 2. The summed E-state index contributed by atoms with van der Waals surface area (Å²) in [4.78, 5) is 22.7. The van der Waals surface area contributed by atoms with Crippen LogP contribution in [0.4, 0.5) is 0 Å². The molecule has 0 radical (unpaired) electrons. The van der Waals surface area contributed by atoms with Crippen molar-refractivity contribution in [1.82, 2.24) is 10.6 Å². The van der Waals surface area contributed by atoms with Gasteiger partial charge in [0.25, 0.3) is 11.8 Å². The zero-order valence-corrected chi connectivity index (χ0v) is 8.43. The Morgan fingerprint density at radius 1 is 1.00 bits per heavy atom. The molecule has 0 saturated carbocycles. The molecule has 6 nitrogen and oxygen atoms in total. The number of hydrogen-bond acceptors (Lipinski definition) is 4. The summed E-state index contributed by atoms with van der Waals surface area (Å²) in [5, 5.41) is 21.4. The molecular formula is C10H12N2O4. The SMILES string of the molecule is O=C(NCO)c1cccc(C(=O)NCO)c1. The summed E-state index contributed by atoms with van der Waals surface area (Å²) in [5.41, 5.74) is 0.527. The molecule has 4 N–H and O–H groups in total. The molecule has 6 heteroatoms. The lowest BCUT2D eigenvalue weighted by molar-refractivity contribution is 0.0908. The molecule has 0 aliphatic carbocycles. The van der Waals surface area contributed by atoms with Gasteiger partial charge in [0.15, 0.2) is 0 Å². The Kier molecular flexibility index (Phi) is 4.43. The van der Waals surface area contributed by atoms with Crippen molar-refractivity contribution >= 4 is 11.8 Å². The Morgan fingerprint density at radius 2 is 1.44 bits per heavy atom. The van der Waals surface area contributed by atoms with Crippen molar-refractivity contribution in [2.24, 2.45) is 0 Å². The first-order valence-electron chi connectivity index (χ1n) is 4.57. The van der Waals surface area contributed by atoms with Gasteiger partial charge >= 0.3 is 0 Å². The van der Waals surface area contributed by atoms with Crippen LogP contribution in [-0.4, -0.2) is 35.5 Å². The van der Waals surface area contributed by atoms with E-state index in [0.29, 0.717) is 0 Å². The third kappa shape index (κ3) is 3.04. The van der Waals surface area contributed by atoms with Gasteiger partial charge in [-0.1, -0.05) is 6.07 Å². The molecule has 2 amide bonds. The topological polar surface area (TPSA) is 98.7 Å². The first-order chi connectivity index (χ1) is 7.69. The third-order valence-corrected chi connectivity index (χ3v) is 1.87. The molecule has 0 bridgehead atoms. The highest BCUT2D eigenvalue weighted by atomic mass is 16.3. The lowest BCUT2D eigenvalue weighted by Gasteiger charge is -2.04. The van der Waals surface area contributed by atoms with E-state index in [1.807, 2.05) is 0 Å². The summed E-state index contributed by atoms with van der Waals surface area (Å²) in [6, 6.07) is 5.94. The second kappa shape index (κ2) is 5.84. The van der Waals surface area contributed by atoms with Gasteiger partial charge in [-0.15, -0.1) is 0 Å². The van der Waals surface area contributed by atoms with Crippen molar-refractivity contribution in [3.63, 3.8) is 0 Å². The number of benzene rings is 1. The predicted molar refractivity (Wildman–Crippen MR) is 55.5 cm³/mol. The molecule has 1 rings (SSSR count). The summed E-state index contributed by atoms with van der Waals surface area (Å²) in [7, 11) is 0. The van der Waals surface area contributed by atoms with E-state index in [0.717, 1.165) is 0 Å². The monoisotopic (exact) mass is 224 g/mol. The summed E-state index contributed by atoms with van der Waals surface area (Å²) in [6.07, 6.45) is 0. The van der Waals surface area contributed by atoms with Crippen molar-refractivity contribution in [2.45, 2.75) is 0 Å². The first-order valence-corrected chi connectivity index (χ1v) is 4.57. The van der Waals surface area contributed by atoms with E-state index in [-0.39, 0.29) is 11.1 Å². The van der Waals surface area contributed by atoms with Gasteiger partial charge in [-0.25, -0.2) is 0 Å². The molecule has 16 heavy (non-hydrogen) atoms. The van der Waals surface area contributed by atoms with Crippen LogP contribution < -0.4 is 10.6 Å². The highest BCUT2D eigenvalue weighted by Crippen LogP contribution is 2.05. The third-order valence-electron chi connectivity index (χ3n) is 1.87. The van der Waals surface area contributed by atoms with Gasteiger partial charge in [-0.2, -0.15) is 0 Å². The fraction of sp³-hybridized carbons (Fsp3) is 0.200. The highest BCUT2D eigenvalue weighted by Gasteiger charge is 2.08. The summed E-state index contributed by atoms with van der Waals surface area (Å²) < 4.78 is 0. The van der Waals surface area contributed by atoms with Gasteiger partial charge in [-0.05, 0) is 18.2 Å². The number of aliphatic hydroxyl groups is 2. The molecular weight excluding hydrogens is 212 g/mol. The molecule has 0 heterocycles.